The number of nitrogens with two attached hydrogens (primary N) is 1. The minimum Gasteiger partial charge on any atom is -0.325 e. The second kappa shape index (κ2) is 6.23. The molecule has 2 atom stereocenters. The maximum atomic E-state index is 6.64. The molecule has 1 aromatic rings. The van der Waals surface area contributed by atoms with Gasteiger partial charge in [-0.2, -0.15) is 0 Å². The Morgan fingerprint density at radius 1 is 1.42 bits per heavy atom. The average molecular weight is 281 g/mol. The summed E-state index contributed by atoms with van der Waals surface area (Å²) in [7, 11) is 0. The van der Waals surface area contributed by atoms with Crippen LogP contribution in [0.5, 0.6) is 0 Å². The minimum atomic E-state index is -0.0887. The summed E-state index contributed by atoms with van der Waals surface area (Å²) in [6.07, 6.45) is 10.4. The predicted octanol–water partition coefficient (Wildman–Crippen LogP) is 4.21. The number of halogens is 1. The molecular formula is C16H25ClN2. The molecule has 0 amide bonds. The average Bonchev–Trinajstić information content (AvgIpc) is 2.55. The molecule has 3 heteroatoms. The Kier molecular flexibility index (Phi) is 4.86. The highest BCUT2D eigenvalue weighted by Crippen LogP contribution is 2.35. The first-order chi connectivity index (χ1) is 9.00. The Morgan fingerprint density at radius 3 is 2.89 bits per heavy atom. The van der Waals surface area contributed by atoms with E-state index in [4.69, 9.17) is 17.3 Å². The molecule has 0 saturated heterocycles. The molecule has 0 radical (unpaired) electrons. The van der Waals surface area contributed by atoms with Crippen molar-refractivity contribution in [3.8, 4) is 0 Å². The molecule has 1 heterocycles. The van der Waals surface area contributed by atoms with Crippen LogP contribution >= 0.6 is 11.6 Å². The summed E-state index contributed by atoms with van der Waals surface area (Å²) in [6.45, 7) is 4.65. The molecule has 1 fully saturated rings. The van der Waals surface area contributed by atoms with Crippen LogP contribution in [0.1, 0.15) is 51.5 Å². The van der Waals surface area contributed by atoms with E-state index in [1.807, 2.05) is 6.07 Å². The summed E-state index contributed by atoms with van der Waals surface area (Å²) >= 11 is 6.21. The molecule has 2 unspecified atom stereocenters. The molecule has 2 rings (SSSR count). The number of hydrogen-bond donors (Lipinski definition) is 1. The second-order valence-corrected chi connectivity index (χ2v) is 6.85. The monoisotopic (exact) mass is 280 g/mol. The lowest BCUT2D eigenvalue weighted by atomic mass is 9.83. The molecule has 0 bridgehead atoms. The lowest BCUT2D eigenvalue weighted by molar-refractivity contribution is 0.321. The Bertz CT molecular complexity index is 419. The fourth-order valence-corrected chi connectivity index (χ4v) is 3.41. The zero-order chi connectivity index (χ0) is 13.9. The van der Waals surface area contributed by atoms with Crippen molar-refractivity contribution in [2.75, 3.05) is 0 Å². The van der Waals surface area contributed by atoms with Crippen molar-refractivity contribution in [3.63, 3.8) is 0 Å². The van der Waals surface area contributed by atoms with E-state index in [-0.39, 0.29) is 5.54 Å². The maximum absolute atomic E-state index is 6.64. The summed E-state index contributed by atoms with van der Waals surface area (Å²) in [5.41, 5.74) is 7.70. The highest BCUT2D eigenvalue weighted by atomic mass is 35.5. The second-order valence-electron chi connectivity index (χ2n) is 6.44. The third kappa shape index (κ3) is 3.93. The zero-order valence-corrected chi connectivity index (χ0v) is 12.8. The van der Waals surface area contributed by atoms with Gasteiger partial charge in [0.15, 0.2) is 0 Å². The smallest absolute Gasteiger partial charge is 0.0621 e. The first kappa shape index (κ1) is 14.8. The molecule has 1 aliphatic rings. The van der Waals surface area contributed by atoms with E-state index >= 15 is 0 Å². The molecule has 106 valence electrons. The van der Waals surface area contributed by atoms with Gasteiger partial charge in [-0.1, -0.05) is 38.3 Å². The van der Waals surface area contributed by atoms with E-state index in [0.717, 1.165) is 41.7 Å². The van der Waals surface area contributed by atoms with E-state index < -0.39 is 0 Å². The van der Waals surface area contributed by atoms with Crippen molar-refractivity contribution in [1.29, 1.82) is 0 Å². The van der Waals surface area contributed by atoms with Crippen LogP contribution < -0.4 is 5.73 Å². The molecule has 1 saturated carbocycles. The molecule has 0 spiro atoms. The highest BCUT2D eigenvalue weighted by Gasteiger charge is 2.30. The van der Waals surface area contributed by atoms with E-state index in [2.05, 4.69) is 18.8 Å². The number of aromatic nitrogens is 1. The SMILES string of the molecule is CC(C)C1CCCC(N)(Cc2ccncc2Cl)CC1. The molecular weight excluding hydrogens is 256 g/mol. The van der Waals surface area contributed by atoms with E-state index in [0.29, 0.717) is 0 Å². The van der Waals surface area contributed by atoms with Crippen LogP contribution in [-0.2, 0) is 6.42 Å². The first-order valence-corrected chi connectivity index (χ1v) is 7.75. The van der Waals surface area contributed by atoms with Crippen molar-refractivity contribution in [2.45, 2.75) is 57.9 Å². The fraction of sp³-hybridized carbons (Fsp3) is 0.688. The molecule has 2 N–H and O–H groups in total. The third-order valence-electron chi connectivity index (χ3n) is 4.60. The lowest BCUT2D eigenvalue weighted by Crippen LogP contribution is -2.41. The first-order valence-electron chi connectivity index (χ1n) is 7.37. The Morgan fingerprint density at radius 2 is 2.21 bits per heavy atom. The lowest BCUT2D eigenvalue weighted by Gasteiger charge is -2.29. The topological polar surface area (TPSA) is 38.9 Å². The Hall–Kier alpha value is -0.600. The number of pyridine rings is 1. The van der Waals surface area contributed by atoms with Crippen LogP contribution in [0.2, 0.25) is 5.02 Å². The van der Waals surface area contributed by atoms with Crippen LogP contribution in [0.25, 0.3) is 0 Å². The fourth-order valence-electron chi connectivity index (χ4n) is 3.23. The summed E-state index contributed by atoms with van der Waals surface area (Å²) in [5, 5.41) is 0.747. The largest absolute Gasteiger partial charge is 0.325 e. The van der Waals surface area contributed by atoms with Gasteiger partial charge in [-0.15, -0.1) is 0 Å². The van der Waals surface area contributed by atoms with Crippen LogP contribution in [0.3, 0.4) is 0 Å². The van der Waals surface area contributed by atoms with Crippen LogP contribution in [0.4, 0.5) is 0 Å². The van der Waals surface area contributed by atoms with E-state index in [9.17, 15) is 0 Å². The van der Waals surface area contributed by atoms with E-state index in [1.54, 1.807) is 12.4 Å². The number of nitrogens with zero attached hydrogens (tertiary/aromatic N) is 1. The van der Waals surface area contributed by atoms with Crippen LogP contribution in [-0.4, -0.2) is 10.5 Å². The Labute approximate surface area is 121 Å². The number of hydrogen-bond acceptors (Lipinski definition) is 2. The zero-order valence-electron chi connectivity index (χ0n) is 12.0. The predicted molar refractivity (Wildman–Crippen MR) is 81.3 cm³/mol. The van der Waals surface area contributed by atoms with Gasteiger partial charge in [-0.05, 0) is 49.1 Å². The molecule has 19 heavy (non-hydrogen) atoms. The third-order valence-corrected chi connectivity index (χ3v) is 4.94. The van der Waals surface area contributed by atoms with Crippen molar-refractivity contribution >= 4 is 11.6 Å². The summed E-state index contributed by atoms with van der Waals surface area (Å²) in [5.74, 6) is 1.60. The van der Waals surface area contributed by atoms with Gasteiger partial charge in [-0.3, -0.25) is 4.98 Å². The van der Waals surface area contributed by atoms with Gasteiger partial charge < -0.3 is 5.73 Å². The van der Waals surface area contributed by atoms with Gasteiger partial charge in [-0.25, -0.2) is 0 Å². The van der Waals surface area contributed by atoms with Crippen molar-refractivity contribution in [1.82, 2.24) is 4.98 Å². The molecule has 2 nitrogen and oxygen atoms in total. The molecule has 0 aliphatic heterocycles. The summed E-state index contributed by atoms with van der Waals surface area (Å²) < 4.78 is 0. The summed E-state index contributed by atoms with van der Waals surface area (Å²) in [6, 6.07) is 2.00. The van der Waals surface area contributed by atoms with Crippen LogP contribution in [0.15, 0.2) is 18.5 Å². The van der Waals surface area contributed by atoms with Crippen molar-refractivity contribution in [2.24, 2.45) is 17.6 Å². The quantitative estimate of drug-likeness (QED) is 0.843. The normalized spacial score (nSPS) is 28.4. The molecule has 0 aromatic carbocycles. The van der Waals surface area contributed by atoms with Gasteiger partial charge >= 0.3 is 0 Å². The standard InChI is InChI=1S/C16H25ClN2/c1-12(2)13-4-3-7-16(18,8-5-13)10-14-6-9-19-11-15(14)17/h6,9,11-13H,3-5,7-8,10,18H2,1-2H3. The van der Waals surface area contributed by atoms with Crippen LogP contribution in [0, 0.1) is 11.8 Å². The van der Waals surface area contributed by atoms with Crippen molar-refractivity contribution < 1.29 is 0 Å². The van der Waals surface area contributed by atoms with Gasteiger partial charge in [0.2, 0.25) is 0 Å². The van der Waals surface area contributed by atoms with Gasteiger partial charge in [0.1, 0.15) is 0 Å². The number of rotatable bonds is 3. The van der Waals surface area contributed by atoms with Gasteiger partial charge in [0, 0.05) is 17.9 Å². The summed E-state index contributed by atoms with van der Waals surface area (Å²) in [4.78, 5) is 4.04. The Balaban J connectivity index is 2.05. The highest BCUT2D eigenvalue weighted by molar-refractivity contribution is 6.31. The minimum absolute atomic E-state index is 0.0887. The van der Waals surface area contributed by atoms with Crippen molar-refractivity contribution in [3.05, 3.63) is 29.0 Å². The maximum Gasteiger partial charge on any atom is 0.0621 e. The molecule has 1 aromatic heterocycles. The van der Waals surface area contributed by atoms with E-state index in [1.165, 1.54) is 19.3 Å². The van der Waals surface area contributed by atoms with Gasteiger partial charge in [0.25, 0.3) is 0 Å². The molecule has 1 aliphatic carbocycles. The van der Waals surface area contributed by atoms with Gasteiger partial charge in [0.05, 0.1) is 5.02 Å².